The molecule has 1 heterocycles. The third-order valence-corrected chi connectivity index (χ3v) is 3.59. The minimum absolute atomic E-state index is 0.00419. The molecule has 108 valence electrons. The summed E-state index contributed by atoms with van der Waals surface area (Å²) in [6.45, 7) is 2.54. The summed E-state index contributed by atoms with van der Waals surface area (Å²) in [4.78, 5) is 25.2. The second-order valence-electron chi connectivity index (χ2n) is 5.29. The van der Waals surface area contributed by atoms with Crippen LogP contribution in [0.3, 0.4) is 0 Å². The number of amides is 1. The maximum atomic E-state index is 12.2. The Kier molecular flexibility index (Phi) is 5.16. The summed E-state index contributed by atoms with van der Waals surface area (Å²) < 4.78 is 5.36. The Morgan fingerprint density at radius 1 is 1.25 bits per heavy atom. The van der Waals surface area contributed by atoms with Gasteiger partial charge in [0.25, 0.3) is 0 Å². The molecule has 0 aliphatic carbocycles. The molecule has 4 nitrogen and oxygen atoms in total. The number of likely N-dealkylation sites (tertiary alicyclic amines) is 1. The molecular formula is C16H21NO3. The van der Waals surface area contributed by atoms with E-state index in [0.29, 0.717) is 13.0 Å². The van der Waals surface area contributed by atoms with Crippen LogP contribution in [0.2, 0.25) is 0 Å². The summed E-state index contributed by atoms with van der Waals surface area (Å²) in [5.74, 6) is 0.123. The third kappa shape index (κ3) is 4.08. The quantitative estimate of drug-likeness (QED) is 0.848. The van der Waals surface area contributed by atoms with Crippen LogP contribution in [0.4, 0.5) is 4.79 Å². The van der Waals surface area contributed by atoms with Gasteiger partial charge in [-0.15, -0.1) is 0 Å². The molecule has 2 rings (SSSR count). The fraction of sp³-hybridized carbons (Fsp3) is 0.500. The van der Waals surface area contributed by atoms with Crippen molar-refractivity contribution in [1.29, 1.82) is 0 Å². The number of hydrogen-bond donors (Lipinski definition) is 0. The largest absolute Gasteiger partial charge is 0.445 e. The number of carbonyl (C=O) groups excluding carboxylic acids is 2. The van der Waals surface area contributed by atoms with Gasteiger partial charge in [-0.3, -0.25) is 4.79 Å². The van der Waals surface area contributed by atoms with Gasteiger partial charge in [-0.2, -0.15) is 0 Å². The Morgan fingerprint density at radius 3 is 2.70 bits per heavy atom. The van der Waals surface area contributed by atoms with Crippen LogP contribution in [-0.2, 0) is 16.1 Å². The van der Waals surface area contributed by atoms with Gasteiger partial charge in [-0.1, -0.05) is 30.3 Å². The minimum atomic E-state index is -0.306. The first-order valence-electron chi connectivity index (χ1n) is 7.13. The number of carbonyl (C=O) groups is 2. The molecule has 4 heteroatoms. The normalized spacial score (nSPS) is 18.6. The Morgan fingerprint density at radius 2 is 2.00 bits per heavy atom. The molecule has 0 radical (unpaired) electrons. The number of rotatable bonds is 4. The topological polar surface area (TPSA) is 46.6 Å². The molecule has 1 atom stereocenters. The van der Waals surface area contributed by atoms with E-state index >= 15 is 0 Å². The van der Waals surface area contributed by atoms with E-state index in [1.807, 2.05) is 30.3 Å². The standard InChI is InChI=1S/C16H21NO3/c1-13(18)11-15-9-5-6-10-17(15)16(19)20-12-14-7-3-2-4-8-14/h2-4,7-8,15H,5-6,9-12H2,1H3. The minimum Gasteiger partial charge on any atom is -0.445 e. The van der Waals surface area contributed by atoms with Gasteiger partial charge in [0.2, 0.25) is 0 Å². The van der Waals surface area contributed by atoms with E-state index in [9.17, 15) is 9.59 Å². The average Bonchev–Trinajstić information content (AvgIpc) is 2.46. The lowest BCUT2D eigenvalue weighted by atomic mass is 9.98. The Bertz CT molecular complexity index is 458. The van der Waals surface area contributed by atoms with Crippen LogP contribution in [0, 0.1) is 0 Å². The van der Waals surface area contributed by atoms with Gasteiger partial charge in [-0.05, 0) is 31.7 Å². The van der Waals surface area contributed by atoms with Crippen molar-refractivity contribution in [3.05, 3.63) is 35.9 Å². The third-order valence-electron chi connectivity index (χ3n) is 3.59. The first-order valence-corrected chi connectivity index (χ1v) is 7.13. The fourth-order valence-electron chi connectivity index (χ4n) is 2.59. The van der Waals surface area contributed by atoms with Crippen molar-refractivity contribution in [3.63, 3.8) is 0 Å². The van der Waals surface area contributed by atoms with E-state index in [1.54, 1.807) is 11.8 Å². The van der Waals surface area contributed by atoms with Gasteiger partial charge in [0, 0.05) is 19.0 Å². The highest BCUT2D eigenvalue weighted by molar-refractivity contribution is 5.77. The molecule has 1 saturated heterocycles. The highest BCUT2D eigenvalue weighted by Crippen LogP contribution is 2.21. The summed E-state index contributed by atoms with van der Waals surface area (Å²) in [5.41, 5.74) is 0.973. The van der Waals surface area contributed by atoms with Gasteiger partial charge in [0.1, 0.15) is 12.4 Å². The molecule has 0 bridgehead atoms. The van der Waals surface area contributed by atoms with E-state index in [0.717, 1.165) is 24.8 Å². The van der Waals surface area contributed by atoms with Crippen molar-refractivity contribution in [2.45, 2.75) is 45.3 Å². The lowest BCUT2D eigenvalue weighted by molar-refractivity contribution is -0.118. The van der Waals surface area contributed by atoms with Gasteiger partial charge >= 0.3 is 6.09 Å². The molecule has 20 heavy (non-hydrogen) atoms. The Hall–Kier alpha value is -1.84. The molecule has 1 aliphatic rings. The Balaban J connectivity index is 1.90. The van der Waals surface area contributed by atoms with Crippen molar-refractivity contribution in [3.8, 4) is 0 Å². The Labute approximate surface area is 119 Å². The van der Waals surface area contributed by atoms with Gasteiger partial charge in [-0.25, -0.2) is 4.79 Å². The van der Waals surface area contributed by atoms with Crippen LogP contribution in [0.25, 0.3) is 0 Å². The molecular weight excluding hydrogens is 254 g/mol. The summed E-state index contributed by atoms with van der Waals surface area (Å²) in [6.07, 6.45) is 3.07. The summed E-state index contributed by atoms with van der Waals surface area (Å²) in [6, 6.07) is 9.63. The molecule has 0 spiro atoms. The molecule has 0 N–H and O–H groups in total. The van der Waals surface area contributed by atoms with Crippen molar-refractivity contribution in [2.24, 2.45) is 0 Å². The molecule has 1 amide bonds. The lowest BCUT2D eigenvalue weighted by Gasteiger charge is -2.34. The van der Waals surface area contributed by atoms with Crippen molar-refractivity contribution < 1.29 is 14.3 Å². The van der Waals surface area contributed by atoms with E-state index in [2.05, 4.69) is 0 Å². The monoisotopic (exact) mass is 275 g/mol. The predicted molar refractivity (Wildman–Crippen MR) is 76.3 cm³/mol. The van der Waals surface area contributed by atoms with Crippen molar-refractivity contribution in [2.75, 3.05) is 6.54 Å². The van der Waals surface area contributed by atoms with Crippen LogP contribution < -0.4 is 0 Å². The van der Waals surface area contributed by atoms with Gasteiger partial charge < -0.3 is 9.64 Å². The zero-order chi connectivity index (χ0) is 14.4. The first-order chi connectivity index (χ1) is 9.66. The van der Waals surface area contributed by atoms with Crippen LogP contribution in [-0.4, -0.2) is 29.4 Å². The number of ether oxygens (including phenoxy) is 1. The van der Waals surface area contributed by atoms with Gasteiger partial charge in [0.05, 0.1) is 0 Å². The van der Waals surface area contributed by atoms with E-state index < -0.39 is 0 Å². The highest BCUT2D eigenvalue weighted by atomic mass is 16.6. The summed E-state index contributed by atoms with van der Waals surface area (Å²) in [7, 11) is 0. The van der Waals surface area contributed by atoms with E-state index in [-0.39, 0.29) is 24.5 Å². The number of hydrogen-bond acceptors (Lipinski definition) is 3. The SMILES string of the molecule is CC(=O)CC1CCCCN1C(=O)OCc1ccccc1. The predicted octanol–water partition coefficient (Wildman–Crippen LogP) is 3.16. The van der Waals surface area contributed by atoms with Crippen LogP contribution in [0.1, 0.15) is 38.2 Å². The molecule has 1 unspecified atom stereocenters. The number of piperidine rings is 1. The molecule has 1 aromatic rings. The summed E-state index contributed by atoms with van der Waals surface area (Å²) >= 11 is 0. The molecule has 0 aromatic heterocycles. The van der Waals surface area contributed by atoms with Gasteiger partial charge in [0.15, 0.2) is 0 Å². The van der Waals surface area contributed by atoms with Crippen molar-refractivity contribution in [1.82, 2.24) is 4.90 Å². The zero-order valence-corrected chi connectivity index (χ0v) is 11.9. The average molecular weight is 275 g/mol. The first kappa shape index (κ1) is 14.6. The smallest absolute Gasteiger partial charge is 0.410 e. The van der Waals surface area contributed by atoms with Crippen LogP contribution in [0.15, 0.2) is 30.3 Å². The summed E-state index contributed by atoms with van der Waals surface area (Å²) in [5, 5.41) is 0. The number of nitrogens with zero attached hydrogens (tertiary/aromatic N) is 1. The number of Topliss-reactive ketones (excluding diaryl/α,β-unsaturated/α-hetero) is 1. The second kappa shape index (κ2) is 7.08. The van der Waals surface area contributed by atoms with E-state index in [4.69, 9.17) is 4.74 Å². The zero-order valence-electron chi connectivity index (χ0n) is 11.9. The maximum absolute atomic E-state index is 12.2. The lowest BCUT2D eigenvalue weighted by Crippen LogP contribution is -2.44. The molecule has 1 aliphatic heterocycles. The van der Waals surface area contributed by atoms with Crippen LogP contribution in [0.5, 0.6) is 0 Å². The second-order valence-corrected chi connectivity index (χ2v) is 5.29. The van der Waals surface area contributed by atoms with Crippen molar-refractivity contribution >= 4 is 11.9 Å². The number of benzene rings is 1. The fourth-order valence-corrected chi connectivity index (χ4v) is 2.59. The molecule has 1 fully saturated rings. The highest BCUT2D eigenvalue weighted by Gasteiger charge is 2.28. The molecule has 1 aromatic carbocycles. The number of ketones is 1. The molecule has 0 saturated carbocycles. The maximum Gasteiger partial charge on any atom is 0.410 e. The van der Waals surface area contributed by atoms with E-state index in [1.165, 1.54) is 0 Å². The van der Waals surface area contributed by atoms with Crippen LogP contribution >= 0.6 is 0 Å².